The second kappa shape index (κ2) is 6.59. The van der Waals surface area contributed by atoms with Crippen molar-refractivity contribution in [2.24, 2.45) is 5.92 Å². The van der Waals surface area contributed by atoms with Crippen LogP contribution in [-0.4, -0.2) is 34.3 Å². The van der Waals surface area contributed by atoms with E-state index in [4.69, 9.17) is 0 Å². The van der Waals surface area contributed by atoms with Gasteiger partial charge in [-0.1, -0.05) is 40.5 Å². The minimum absolute atomic E-state index is 0.0221. The summed E-state index contributed by atoms with van der Waals surface area (Å²) in [4.78, 5) is 27.1. The highest BCUT2D eigenvalue weighted by molar-refractivity contribution is 5.99. The van der Waals surface area contributed by atoms with Crippen molar-refractivity contribution in [2.45, 2.75) is 84.8 Å². The Morgan fingerprint density at radius 2 is 1.65 bits per heavy atom. The molecule has 2 unspecified atom stereocenters. The predicted octanol–water partition coefficient (Wildman–Crippen LogP) is 2.72. The lowest BCUT2D eigenvalue weighted by molar-refractivity contribution is -0.158. The van der Waals surface area contributed by atoms with Gasteiger partial charge in [0.05, 0.1) is 0 Å². The van der Waals surface area contributed by atoms with E-state index < -0.39 is 5.54 Å². The Morgan fingerprint density at radius 1 is 1.15 bits per heavy atom. The van der Waals surface area contributed by atoms with E-state index in [1.54, 1.807) is 0 Å². The summed E-state index contributed by atoms with van der Waals surface area (Å²) in [7, 11) is 0. The smallest absolute Gasteiger partial charge is 0.249 e. The quantitative estimate of drug-likeness (QED) is 0.814. The lowest BCUT2D eigenvalue weighted by atomic mass is 9.84. The SMILES string of the molecule is CCC(CC)C(C)N1C(=O)C(CC)(CC)NC(=O)C1C. The fraction of sp³-hybridized carbons (Fsp3) is 0.875. The zero-order valence-electron chi connectivity index (χ0n) is 13.8. The van der Waals surface area contributed by atoms with Gasteiger partial charge >= 0.3 is 0 Å². The highest BCUT2D eigenvalue weighted by Crippen LogP contribution is 2.30. The fourth-order valence-corrected chi connectivity index (χ4v) is 3.41. The molecule has 0 aliphatic carbocycles. The van der Waals surface area contributed by atoms with E-state index in [1.807, 2.05) is 25.7 Å². The van der Waals surface area contributed by atoms with Gasteiger partial charge in [0.2, 0.25) is 11.8 Å². The molecule has 0 radical (unpaired) electrons. The van der Waals surface area contributed by atoms with Crippen LogP contribution in [0.3, 0.4) is 0 Å². The Labute approximate surface area is 123 Å². The maximum atomic E-state index is 13.0. The van der Waals surface area contributed by atoms with Crippen LogP contribution in [0.5, 0.6) is 0 Å². The Morgan fingerprint density at radius 3 is 2.05 bits per heavy atom. The summed E-state index contributed by atoms with van der Waals surface area (Å²) in [5.74, 6) is 0.513. The molecule has 4 heteroatoms. The second-order valence-electron chi connectivity index (χ2n) is 5.98. The summed E-state index contributed by atoms with van der Waals surface area (Å²) in [5.41, 5.74) is -0.704. The molecule has 0 bridgehead atoms. The summed E-state index contributed by atoms with van der Waals surface area (Å²) >= 11 is 0. The first-order chi connectivity index (χ1) is 9.38. The number of carbonyl (C=O) groups excluding carboxylic acids is 2. The van der Waals surface area contributed by atoms with Crippen LogP contribution in [-0.2, 0) is 9.59 Å². The van der Waals surface area contributed by atoms with E-state index in [2.05, 4.69) is 26.1 Å². The van der Waals surface area contributed by atoms with Crippen molar-refractivity contribution >= 4 is 11.8 Å². The Bertz CT molecular complexity index is 359. The van der Waals surface area contributed by atoms with Gasteiger partial charge < -0.3 is 10.2 Å². The first-order valence-electron chi connectivity index (χ1n) is 8.03. The summed E-state index contributed by atoms with van der Waals surface area (Å²) in [6, 6.07) is -0.264. The highest BCUT2D eigenvalue weighted by atomic mass is 16.2. The summed E-state index contributed by atoms with van der Waals surface area (Å²) in [6.07, 6.45) is 3.35. The summed E-state index contributed by atoms with van der Waals surface area (Å²) in [5, 5.41) is 2.96. The zero-order chi connectivity index (χ0) is 15.5. The van der Waals surface area contributed by atoms with Gasteiger partial charge in [0.15, 0.2) is 0 Å². The van der Waals surface area contributed by atoms with Crippen molar-refractivity contribution in [1.82, 2.24) is 10.2 Å². The van der Waals surface area contributed by atoms with E-state index in [9.17, 15) is 9.59 Å². The maximum Gasteiger partial charge on any atom is 0.249 e. The van der Waals surface area contributed by atoms with E-state index in [0.29, 0.717) is 18.8 Å². The van der Waals surface area contributed by atoms with Crippen molar-refractivity contribution in [3.05, 3.63) is 0 Å². The van der Waals surface area contributed by atoms with E-state index in [0.717, 1.165) is 12.8 Å². The van der Waals surface area contributed by atoms with Gasteiger partial charge in [-0.25, -0.2) is 0 Å². The maximum absolute atomic E-state index is 13.0. The molecular weight excluding hydrogens is 252 g/mol. The van der Waals surface area contributed by atoms with Crippen molar-refractivity contribution in [3.8, 4) is 0 Å². The van der Waals surface area contributed by atoms with Gasteiger partial charge in [-0.3, -0.25) is 9.59 Å². The van der Waals surface area contributed by atoms with Gasteiger partial charge in [-0.15, -0.1) is 0 Å². The number of piperazine rings is 1. The van der Waals surface area contributed by atoms with Crippen molar-refractivity contribution in [1.29, 1.82) is 0 Å². The molecular formula is C16H30N2O2. The van der Waals surface area contributed by atoms with Crippen LogP contribution in [0.15, 0.2) is 0 Å². The van der Waals surface area contributed by atoms with Crippen molar-refractivity contribution in [2.75, 3.05) is 0 Å². The Hall–Kier alpha value is -1.06. The second-order valence-corrected chi connectivity index (χ2v) is 5.98. The molecule has 1 aliphatic rings. The molecule has 1 rings (SSSR count). The molecule has 1 N–H and O–H groups in total. The molecule has 0 saturated carbocycles. The third-order valence-corrected chi connectivity index (χ3v) is 5.18. The van der Waals surface area contributed by atoms with Crippen LogP contribution >= 0.6 is 0 Å². The largest absolute Gasteiger partial charge is 0.340 e. The highest BCUT2D eigenvalue weighted by Gasteiger charge is 2.49. The molecule has 2 atom stereocenters. The fourth-order valence-electron chi connectivity index (χ4n) is 3.41. The monoisotopic (exact) mass is 282 g/mol. The number of rotatable bonds is 6. The van der Waals surface area contributed by atoms with Crippen molar-refractivity contribution in [3.63, 3.8) is 0 Å². The summed E-state index contributed by atoms with van der Waals surface area (Å²) in [6.45, 7) is 12.2. The first-order valence-corrected chi connectivity index (χ1v) is 8.03. The van der Waals surface area contributed by atoms with E-state index >= 15 is 0 Å². The molecule has 0 aromatic heterocycles. The number of hydrogen-bond donors (Lipinski definition) is 1. The number of hydrogen-bond acceptors (Lipinski definition) is 2. The minimum Gasteiger partial charge on any atom is -0.340 e. The Balaban J connectivity index is 3.14. The average molecular weight is 282 g/mol. The molecule has 0 aromatic rings. The van der Waals surface area contributed by atoms with E-state index in [1.165, 1.54) is 0 Å². The normalized spacial score (nSPS) is 23.9. The van der Waals surface area contributed by atoms with Crippen LogP contribution in [0.25, 0.3) is 0 Å². The Kier molecular flexibility index (Phi) is 5.60. The molecule has 0 aromatic carbocycles. The minimum atomic E-state index is -0.704. The molecule has 0 spiro atoms. The zero-order valence-corrected chi connectivity index (χ0v) is 13.8. The number of nitrogens with zero attached hydrogens (tertiary/aromatic N) is 1. The van der Waals surface area contributed by atoms with Gasteiger partial charge in [-0.2, -0.15) is 0 Å². The predicted molar refractivity (Wildman–Crippen MR) is 81.3 cm³/mol. The molecule has 116 valence electrons. The van der Waals surface area contributed by atoms with Gasteiger partial charge in [-0.05, 0) is 32.6 Å². The number of nitrogens with one attached hydrogen (secondary N) is 1. The van der Waals surface area contributed by atoms with E-state index in [-0.39, 0.29) is 23.9 Å². The third kappa shape index (κ3) is 2.70. The standard InChI is InChI=1S/C16H30N2O2/c1-7-13(8-2)11(5)18-12(6)14(19)17-16(9-3,10-4)15(18)20/h11-13H,7-10H2,1-6H3,(H,17,19). The molecule has 20 heavy (non-hydrogen) atoms. The molecule has 1 saturated heterocycles. The molecule has 2 amide bonds. The first kappa shape index (κ1) is 17.0. The lowest BCUT2D eigenvalue weighted by Gasteiger charge is -2.48. The van der Waals surface area contributed by atoms with Gasteiger partial charge in [0.1, 0.15) is 11.6 Å². The van der Waals surface area contributed by atoms with Crippen LogP contribution < -0.4 is 5.32 Å². The number of carbonyl (C=O) groups is 2. The lowest BCUT2D eigenvalue weighted by Crippen LogP contribution is -2.71. The molecule has 1 heterocycles. The van der Waals surface area contributed by atoms with Gasteiger partial charge in [0.25, 0.3) is 0 Å². The molecule has 1 fully saturated rings. The van der Waals surface area contributed by atoms with Crippen LogP contribution in [0.4, 0.5) is 0 Å². The molecule has 4 nitrogen and oxygen atoms in total. The number of amides is 2. The average Bonchev–Trinajstić information content (AvgIpc) is 2.44. The van der Waals surface area contributed by atoms with Crippen molar-refractivity contribution < 1.29 is 9.59 Å². The van der Waals surface area contributed by atoms with Gasteiger partial charge in [0, 0.05) is 6.04 Å². The van der Waals surface area contributed by atoms with Crippen LogP contribution in [0.1, 0.15) is 67.2 Å². The summed E-state index contributed by atoms with van der Waals surface area (Å²) < 4.78 is 0. The molecule has 1 aliphatic heterocycles. The topological polar surface area (TPSA) is 49.4 Å². The van der Waals surface area contributed by atoms with Crippen LogP contribution in [0.2, 0.25) is 0 Å². The third-order valence-electron chi connectivity index (χ3n) is 5.18. The van der Waals surface area contributed by atoms with Crippen LogP contribution in [0, 0.1) is 5.92 Å².